The Morgan fingerprint density at radius 2 is 2.26 bits per heavy atom. The summed E-state index contributed by atoms with van der Waals surface area (Å²) in [6.45, 7) is 1.46. The van der Waals surface area contributed by atoms with Gasteiger partial charge in [-0.15, -0.1) is 0 Å². The Morgan fingerprint density at radius 3 is 2.96 bits per heavy atom. The molecule has 124 valence electrons. The summed E-state index contributed by atoms with van der Waals surface area (Å²) >= 11 is 5.38. The van der Waals surface area contributed by atoms with E-state index in [0.29, 0.717) is 23.3 Å². The van der Waals surface area contributed by atoms with E-state index in [0.717, 1.165) is 31.4 Å². The molecule has 1 unspecified atom stereocenters. The van der Waals surface area contributed by atoms with Crippen LogP contribution in [-0.2, 0) is 26.7 Å². The Bertz CT molecular complexity index is 742. The number of nitrogens with zero attached hydrogens (tertiary/aromatic N) is 4. The molecule has 23 heavy (non-hydrogen) atoms. The maximum Gasteiger partial charge on any atom is 0.198 e. The predicted molar refractivity (Wildman–Crippen MR) is 87.8 cm³/mol. The first-order valence-corrected chi connectivity index (χ1v) is 8.21. The Morgan fingerprint density at radius 1 is 1.43 bits per heavy atom. The molecule has 0 spiro atoms. The second-order valence-electron chi connectivity index (χ2n) is 6.00. The molecule has 1 atom stereocenters. The van der Waals surface area contributed by atoms with Gasteiger partial charge in [0.2, 0.25) is 0 Å². The molecule has 7 heteroatoms. The van der Waals surface area contributed by atoms with Crippen LogP contribution in [0.15, 0.2) is 24.3 Å². The number of halogens is 1. The van der Waals surface area contributed by atoms with E-state index in [1.165, 1.54) is 6.07 Å². The average Bonchev–Trinajstić information content (AvgIpc) is 3.07. The first kappa shape index (κ1) is 16.3. The minimum Gasteiger partial charge on any atom is -0.388 e. The normalized spacial score (nSPS) is 18.7. The van der Waals surface area contributed by atoms with Crippen molar-refractivity contribution in [1.29, 1.82) is 0 Å². The maximum absolute atomic E-state index is 13.4. The lowest BCUT2D eigenvalue weighted by atomic mass is 10.0. The van der Waals surface area contributed by atoms with Crippen LogP contribution < -0.4 is 0 Å². The number of benzene rings is 1. The lowest BCUT2D eigenvalue weighted by molar-refractivity contribution is 0.186. The molecule has 1 N–H and O–H groups in total. The molecule has 1 fully saturated rings. The Hall–Kier alpha value is -1.57. The number of aliphatic hydroxyl groups excluding tert-OH is 1. The van der Waals surface area contributed by atoms with Crippen LogP contribution in [0.25, 0.3) is 0 Å². The molecule has 1 aliphatic heterocycles. The molecule has 5 nitrogen and oxygen atoms in total. The van der Waals surface area contributed by atoms with Crippen molar-refractivity contribution in [3.05, 3.63) is 46.2 Å². The van der Waals surface area contributed by atoms with Crippen LogP contribution in [0.5, 0.6) is 0 Å². The van der Waals surface area contributed by atoms with E-state index >= 15 is 0 Å². The van der Waals surface area contributed by atoms with E-state index in [2.05, 4.69) is 10.00 Å². The van der Waals surface area contributed by atoms with Gasteiger partial charge in [-0.1, -0.05) is 12.1 Å². The highest BCUT2D eigenvalue weighted by Gasteiger charge is 2.25. The quantitative estimate of drug-likeness (QED) is 0.851. The van der Waals surface area contributed by atoms with E-state index in [-0.39, 0.29) is 12.4 Å². The molecular weight excluding hydrogens is 315 g/mol. The molecule has 0 amide bonds. The fourth-order valence-electron chi connectivity index (χ4n) is 3.18. The highest BCUT2D eigenvalue weighted by molar-refractivity contribution is 7.71. The van der Waals surface area contributed by atoms with Gasteiger partial charge in [-0.05, 0) is 49.2 Å². The summed E-state index contributed by atoms with van der Waals surface area (Å²) in [5.41, 5.74) is 1.02. The van der Waals surface area contributed by atoms with Crippen molar-refractivity contribution in [3.8, 4) is 0 Å². The van der Waals surface area contributed by atoms with Gasteiger partial charge >= 0.3 is 0 Å². The van der Waals surface area contributed by atoms with Crippen LogP contribution in [0.2, 0.25) is 0 Å². The summed E-state index contributed by atoms with van der Waals surface area (Å²) < 4.78 is 17.4. The van der Waals surface area contributed by atoms with Gasteiger partial charge in [0.25, 0.3) is 0 Å². The third-order valence-electron chi connectivity index (χ3n) is 4.45. The molecule has 1 aliphatic rings. The molecule has 0 radical (unpaired) electrons. The third kappa shape index (κ3) is 3.52. The Balaban J connectivity index is 1.73. The van der Waals surface area contributed by atoms with E-state index in [4.69, 9.17) is 12.2 Å². The van der Waals surface area contributed by atoms with Crippen molar-refractivity contribution >= 4 is 12.2 Å². The maximum atomic E-state index is 13.4. The zero-order valence-corrected chi connectivity index (χ0v) is 14.0. The zero-order valence-electron chi connectivity index (χ0n) is 13.2. The molecule has 1 saturated heterocycles. The number of hydrogen-bond acceptors (Lipinski definition) is 4. The molecule has 0 saturated carbocycles. The summed E-state index contributed by atoms with van der Waals surface area (Å²) in [6.07, 6.45) is 3.03. The SMILES string of the molecule is Cn1c(CO)nn(CN2CCCC2Cc2cccc(F)c2)c1=S. The second kappa shape index (κ2) is 6.90. The summed E-state index contributed by atoms with van der Waals surface area (Å²) in [7, 11) is 1.81. The summed E-state index contributed by atoms with van der Waals surface area (Å²) in [5, 5.41) is 13.7. The summed E-state index contributed by atoms with van der Waals surface area (Å²) in [6, 6.07) is 7.16. The van der Waals surface area contributed by atoms with E-state index < -0.39 is 0 Å². The van der Waals surface area contributed by atoms with Crippen LogP contribution in [0, 0.1) is 10.6 Å². The zero-order chi connectivity index (χ0) is 16.4. The topological polar surface area (TPSA) is 46.2 Å². The Kier molecular flexibility index (Phi) is 4.89. The van der Waals surface area contributed by atoms with Crippen molar-refractivity contribution < 1.29 is 9.50 Å². The number of rotatable bonds is 5. The fraction of sp³-hybridized carbons (Fsp3) is 0.500. The van der Waals surface area contributed by atoms with E-state index in [1.807, 2.05) is 13.1 Å². The van der Waals surface area contributed by atoms with Gasteiger partial charge in [0.05, 0.1) is 6.67 Å². The van der Waals surface area contributed by atoms with Crippen LogP contribution >= 0.6 is 12.2 Å². The van der Waals surface area contributed by atoms with Crippen LogP contribution in [0.1, 0.15) is 24.2 Å². The lowest BCUT2D eigenvalue weighted by Gasteiger charge is -2.24. The first-order valence-electron chi connectivity index (χ1n) is 7.80. The molecule has 2 heterocycles. The number of hydrogen-bond donors (Lipinski definition) is 1. The molecule has 0 bridgehead atoms. The van der Waals surface area contributed by atoms with Gasteiger partial charge < -0.3 is 9.67 Å². The van der Waals surface area contributed by atoms with Gasteiger partial charge in [-0.25, -0.2) is 9.07 Å². The van der Waals surface area contributed by atoms with Crippen molar-refractivity contribution in [3.63, 3.8) is 0 Å². The third-order valence-corrected chi connectivity index (χ3v) is 4.93. The molecule has 1 aromatic heterocycles. The van der Waals surface area contributed by atoms with E-state index in [1.54, 1.807) is 21.4 Å². The monoisotopic (exact) mass is 336 g/mol. The first-order chi connectivity index (χ1) is 11.1. The molecule has 2 aromatic rings. The average molecular weight is 336 g/mol. The molecule has 1 aromatic carbocycles. The van der Waals surface area contributed by atoms with Crippen molar-refractivity contribution in [2.75, 3.05) is 6.54 Å². The summed E-state index contributed by atoms with van der Waals surface area (Å²) in [5.74, 6) is 0.377. The van der Waals surface area contributed by atoms with Crippen LogP contribution in [0.4, 0.5) is 4.39 Å². The lowest BCUT2D eigenvalue weighted by Crippen LogP contribution is -2.33. The van der Waals surface area contributed by atoms with Crippen LogP contribution in [-0.4, -0.2) is 36.9 Å². The molecule has 0 aliphatic carbocycles. The predicted octanol–water partition coefficient (Wildman–Crippen LogP) is 2.25. The highest BCUT2D eigenvalue weighted by atomic mass is 32.1. The van der Waals surface area contributed by atoms with Gasteiger partial charge in [0.15, 0.2) is 10.6 Å². The largest absolute Gasteiger partial charge is 0.388 e. The van der Waals surface area contributed by atoms with Crippen molar-refractivity contribution in [2.45, 2.75) is 38.6 Å². The van der Waals surface area contributed by atoms with Crippen molar-refractivity contribution in [2.24, 2.45) is 7.05 Å². The minimum atomic E-state index is -0.188. The van der Waals surface area contributed by atoms with Gasteiger partial charge in [0, 0.05) is 19.6 Å². The fourth-order valence-corrected chi connectivity index (χ4v) is 3.39. The minimum absolute atomic E-state index is 0.125. The number of likely N-dealkylation sites (tertiary alicyclic amines) is 1. The van der Waals surface area contributed by atoms with Gasteiger partial charge in [-0.3, -0.25) is 4.90 Å². The second-order valence-corrected chi connectivity index (χ2v) is 6.36. The summed E-state index contributed by atoms with van der Waals surface area (Å²) in [4.78, 5) is 2.33. The standard InChI is InChI=1S/C16H21FN4OS/c1-19-15(10-22)18-21(16(19)23)11-20-7-3-6-14(20)9-12-4-2-5-13(17)8-12/h2,4-5,8,14,22H,3,6-7,9-11H2,1H3. The van der Waals surface area contributed by atoms with Crippen LogP contribution in [0.3, 0.4) is 0 Å². The smallest absolute Gasteiger partial charge is 0.198 e. The van der Waals surface area contributed by atoms with Gasteiger partial charge in [-0.2, -0.15) is 5.10 Å². The highest BCUT2D eigenvalue weighted by Crippen LogP contribution is 2.22. The van der Waals surface area contributed by atoms with E-state index in [9.17, 15) is 9.50 Å². The number of aliphatic hydroxyl groups is 1. The van der Waals surface area contributed by atoms with Gasteiger partial charge in [0.1, 0.15) is 12.4 Å². The Labute approximate surface area is 140 Å². The molecular formula is C16H21FN4OS. The van der Waals surface area contributed by atoms with Crippen molar-refractivity contribution in [1.82, 2.24) is 19.2 Å². The number of aromatic nitrogens is 3. The molecule has 3 rings (SSSR count).